The Kier molecular flexibility index (Phi) is 4.07. The molecule has 0 radical (unpaired) electrons. The summed E-state index contributed by atoms with van der Waals surface area (Å²) in [6.07, 6.45) is 1.57. The molecule has 1 aromatic heterocycles. The third-order valence-corrected chi connectivity index (χ3v) is 2.42. The summed E-state index contributed by atoms with van der Waals surface area (Å²) in [6, 6.07) is 9.32. The maximum atomic E-state index is 12.7. The van der Waals surface area contributed by atoms with Crippen molar-refractivity contribution in [2.45, 2.75) is 13.3 Å². The number of halogens is 1. The van der Waals surface area contributed by atoms with Crippen LogP contribution in [0.1, 0.15) is 17.1 Å². The molecular formula is C14H13FN2O2. The number of hydrogen-bond acceptors (Lipinski definition) is 3. The van der Waals surface area contributed by atoms with E-state index in [0.29, 0.717) is 5.76 Å². The molecule has 1 N–H and O–H groups in total. The normalized spacial score (nSPS) is 10.8. The fourth-order valence-corrected chi connectivity index (χ4v) is 1.52. The van der Waals surface area contributed by atoms with Crippen molar-refractivity contribution >= 4 is 12.1 Å². The van der Waals surface area contributed by atoms with Gasteiger partial charge in [-0.1, -0.05) is 12.1 Å². The monoisotopic (exact) mass is 260 g/mol. The Balaban J connectivity index is 1.84. The predicted octanol–water partition coefficient (Wildman–Crippen LogP) is 2.42. The van der Waals surface area contributed by atoms with E-state index >= 15 is 0 Å². The molecule has 2 aromatic rings. The second-order valence-corrected chi connectivity index (χ2v) is 4.04. The molecule has 0 aliphatic rings. The summed E-state index contributed by atoms with van der Waals surface area (Å²) in [7, 11) is 0. The van der Waals surface area contributed by atoms with Crippen LogP contribution in [-0.2, 0) is 11.2 Å². The minimum absolute atomic E-state index is 0.148. The number of benzene rings is 1. The molecule has 2 rings (SSSR count). The van der Waals surface area contributed by atoms with Crippen LogP contribution in [0.3, 0.4) is 0 Å². The van der Waals surface area contributed by atoms with E-state index in [1.165, 1.54) is 18.3 Å². The van der Waals surface area contributed by atoms with Gasteiger partial charge in [0, 0.05) is 0 Å². The fraction of sp³-hybridized carbons (Fsp3) is 0.143. The number of carbonyl (C=O) groups is 1. The molecule has 0 unspecified atom stereocenters. The zero-order valence-electron chi connectivity index (χ0n) is 10.4. The highest BCUT2D eigenvalue weighted by Crippen LogP contribution is 2.04. The molecular weight excluding hydrogens is 247 g/mol. The van der Waals surface area contributed by atoms with E-state index in [1.54, 1.807) is 18.2 Å². The lowest BCUT2D eigenvalue weighted by atomic mass is 10.1. The van der Waals surface area contributed by atoms with Gasteiger partial charge in [-0.2, -0.15) is 5.10 Å². The average Bonchev–Trinajstić information content (AvgIpc) is 2.78. The third-order valence-electron chi connectivity index (χ3n) is 2.42. The Morgan fingerprint density at radius 1 is 1.32 bits per heavy atom. The predicted molar refractivity (Wildman–Crippen MR) is 69.3 cm³/mol. The van der Waals surface area contributed by atoms with E-state index in [-0.39, 0.29) is 18.1 Å². The molecule has 0 bridgehead atoms. The largest absolute Gasteiger partial charge is 0.460 e. The number of aryl methyl sites for hydroxylation is 1. The Morgan fingerprint density at radius 3 is 2.68 bits per heavy atom. The third kappa shape index (κ3) is 4.06. The molecule has 5 heteroatoms. The standard InChI is InChI=1S/C14H13FN2O2/c1-10-2-7-13(19-10)9-16-17-14(18)8-11-3-5-12(15)6-4-11/h2-7,9H,8H2,1H3,(H,17,18)/b16-9+. The van der Waals surface area contributed by atoms with Gasteiger partial charge in [0.1, 0.15) is 17.3 Å². The van der Waals surface area contributed by atoms with E-state index < -0.39 is 0 Å². The summed E-state index contributed by atoms with van der Waals surface area (Å²) in [5.41, 5.74) is 3.11. The van der Waals surface area contributed by atoms with Gasteiger partial charge in [0.2, 0.25) is 5.91 Å². The molecule has 0 aliphatic heterocycles. The zero-order valence-corrected chi connectivity index (χ0v) is 10.4. The first-order valence-electron chi connectivity index (χ1n) is 5.76. The molecule has 0 saturated heterocycles. The van der Waals surface area contributed by atoms with Gasteiger partial charge < -0.3 is 4.42 Å². The molecule has 0 atom stereocenters. The molecule has 19 heavy (non-hydrogen) atoms. The number of nitrogens with one attached hydrogen (secondary N) is 1. The number of furan rings is 1. The molecule has 0 spiro atoms. The van der Waals surface area contributed by atoms with Crippen LogP contribution in [0.4, 0.5) is 4.39 Å². The summed E-state index contributed by atoms with van der Waals surface area (Å²) in [4.78, 5) is 11.5. The van der Waals surface area contributed by atoms with Crippen LogP contribution in [-0.4, -0.2) is 12.1 Å². The van der Waals surface area contributed by atoms with Crippen LogP contribution >= 0.6 is 0 Å². The lowest BCUT2D eigenvalue weighted by Gasteiger charge is -1.99. The van der Waals surface area contributed by atoms with Gasteiger partial charge in [0.05, 0.1) is 12.6 Å². The van der Waals surface area contributed by atoms with Gasteiger partial charge in [-0.25, -0.2) is 9.82 Å². The van der Waals surface area contributed by atoms with Gasteiger partial charge >= 0.3 is 0 Å². The molecule has 1 heterocycles. The Bertz CT molecular complexity index is 588. The van der Waals surface area contributed by atoms with E-state index in [0.717, 1.165) is 11.3 Å². The van der Waals surface area contributed by atoms with E-state index in [4.69, 9.17) is 4.42 Å². The van der Waals surface area contributed by atoms with Crippen LogP contribution in [0, 0.1) is 12.7 Å². The number of hydrogen-bond donors (Lipinski definition) is 1. The van der Waals surface area contributed by atoms with Crippen molar-refractivity contribution in [3.63, 3.8) is 0 Å². The maximum absolute atomic E-state index is 12.7. The average molecular weight is 260 g/mol. The van der Waals surface area contributed by atoms with Crippen molar-refractivity contribution in [1.82, 2.24) is 5.43 Å². The smallest absolute Gasteiger partial charge is 0.244 e. The van der Waals surface area contributed by atoms with Crippen LogP contribution < -0.4 is 5.43 Å². The minimum Gasteiger partial charge on any atom is -0.460 e. The first kappa shape index (κ1) is 13.0. The summed E-state index contributed by atoms with van der Waals surface area (Å²) in [5, 5.41) is 3.78. The molecule has 1 amide bonds. The highest BCUT2D eigenvalue weighted by atomic mass is 19.1. The fourth-order valence-electron chi connectivity index (χ4n) is 1.52. The first-order valence-corrected chi connectivity index (χ1v) is 5.76. The maximum Gasteiger partial charge on any atom is 0.244 e. The van der Waals surface area contributed by atoms with Crippen molar-refractivity contribution < 1.29 is 13.6 Å². The van der Waals surface area contributed by atoms with Gasteiger partial charge in [-0.15, -0.1) is 0 Å². The second-order valence-electron chi connectivity index (χ2n) is 4.04. The quantitative estimate of drug-likeness (QED) is 0.678. The lowest BCUT2D eigenvalue weighted by Crippen LogP contribution is -2.19. The number of carbonyl (C=O) groups excluding carboxylic acids is 1. The zero-order chi connectivity index (χ0) is 13.7. The van der Waals surface area contributed by atoms with Crippen molar-refractivity contribution in [3.05, 3.63) is 59.3 Å². The summed E-state index contributed by atoms with van der Waals surface area (Å²) < 4.78 is 17.9. The number of nitrogens with zero attached hydrogens (tertiary/aromatic N) is 1. The van der Waals surface area contributed by atoms with Crippen LogP contribution in [0.2, 0.25) is 0 Å². The van der Waals surface area contributed by atoms with Crippen molar-refractivity contribution in [2.75, 3.05) is 0 Å². The van der Waals surface area contributed by atoms with Crippen molar-refractivity contribution in [3.8, 4) is 0 Å². The van der Waals surface area contributed by atoms with Crippen molar-refractivity contribution in [2.24, 2.45) is 5.10 Å². The molecule has 4 nitrogen and oxygen atoms in total. The molecule has 0 fully saturated rings. The summed E-state index contributed by atoms with van der Waals surface area (Å²) in [6.45, 7) is 1.82. The summed E-state index contributed by atoms with van der Waals surface area (Å²) >= 11 is 0. The van der Waals surface area contributed by atoms with Crippen LogP contribution in [0.25, 0.3) is 0 Å². The first-order chi connectivity index (χ1) is 9.13. The highest BCUT2D eigenvalue weighted by Gasteiger charge is 2.02. The molecule has 0 aliphatic carbocycles. The topological polar surface area (TPSA) is 54.6 Å². The van der Waals surface area contributed by atoms with Gasteiger partial charge in [0.25, 0.3) is 0 Å². The number of hydrazone groups is 1. The van der Waals surface area contributed by atoms with Crippen LogP contribution in [0.5, 0.6) is 0 Å². The molecule has 98 valence electrons. The molecule has 1 aromatic carbocycles. The van der Waals surface area contributed by atoms with Gasteiger partial charge in [-0.05, 0) is 36.8 Å². The Morgan fingerprint density at radius 2 is 2.05 bits per heavy atom. The minimum atomic E-state index is -0.324. The second kappa shape index (κ2) is 5.95. The SMILES string of the molecule is Cc1ccc(/C=N/NC(=O)Cc2ccc(F)cc2)o1. The Labute approximate surface area is 109 Å². The highest BCUT2D eigenvalue weighted by molar-refractivity contribution is 5.81. The molecule has 0 saturated carbocycles. The lowest BCUT2D eigenvalue weighted by molar-refractivity contribution is -0.120. The van der Waals surface area contributed by atoms with Crippen LogP contribution in [0.15, 0.2) is 45.9 Å². The van der Waals surface area contributed by atoms with Crippen molar-refractivity contribution in [1.29, 1.82) is 0 Å². The number of rotatable bonds is 4. The summed E-state index contributed by atoms with van der Waals surface area (Å²) in [5.74, 6) is 0.750. The Hall–Kier alpha value is -2.43. The number of amides is 1. The van der Waals surface area contributed by atoms with E-state index in [9.17, 15) is 9.18 Å². The van der Waals surface area contributed by atoms with E-state index in [2.05, 4.69) is 10.5 Å². The van der Waals surface area contributed by atoms with E-state index in [1.807, 2.05) is 13.0 Å². The van der Waals surface area contributed by atoms with Gasteiger partial charge in [0.15, 0.2) is 0 Å². The van der Waals surface area contributed by atoms with Gasteiger partial charge in [-0.3, -0.25) is 4.79 Å².